The van der Waals surface area contributed by atoms with Crippen molar-refractivity contribution >= 4 is 72.5 Å². The molecule has 4 aromatic carbocycles. The lowest BCUT2D eigenvalue weighted by molar-refractivity contribution is -0.105. The fourth-order valence-corrected chi connectivity index (χ4v) is 9.57. The van der Waals surface area contributed by atoms with Crippen molar-refractivity contribution in [2.75, 3.05) is 37.3 Å². The highest BCUT2D eigenvalue weighted by atomic mass is 79.9. The molecule has 12 heteroatoms. The van der Waals surface area contributed by atoms with Gasteiger partial charge in [0.15, 0.2) is 5.65 Å². The molecular formula is C49H55Br2N7O3. The van der Waals surface area contributed by atoms with Gasteiger partial charge in [0.1, 0.15) is 35.1 Å². The lowest BCUT2D eigenvalue weighted by Crippen LogP contribution is -2.35. The van der Waals surface area contributed by atoms with Gasteiger partial charge in [-0.25, -0.2) is 14.6 Å². The summed E-state index contributed by atoms with van der Waals surface area (Å²) in [5, 5.41) is 8.73. The van der Waals surface area contributed by atoms with Crippen molar-refractivity contribution in [3.05, 3.63) is 117 Å². The smallest absolute Gasteiger partial charge is 0.211 e. The van der Waals surface area contributed by atoms with Crippen molar-refractivity contribution in [2.45, 2.75) is 84.1 Å². The summed E-state index contributed by atoms with van der Waals surface area (Å²) in [7, 11) is 0. The van der Waals surface area contributed by atoms with E-state index >= 15 is 0 Å². The monoisotopic (exact) mass is 947 g/mol. The average molecular weight is 950 g/mol. The number of hydrogen-bond acceptors (Lipinski definition) is 8. The predicted molar refractivity (Wildman–Crippen MR) is 255 cm³/mol. The number of aryl methyl sites for hydroxylation is 1. The number of unbranched alkanes of at least 4 members (excludes halogenated alkanes) is 7. The molecule has 0 spiro atoms. The van der Waals surface area contributed by atoms with Crippen LogP contribution in [-0.4, -0.2) is 57.3 Å². The van der Waals surface area contributed by atoms with E-state index in [1.54, 1.807) is 6.33 Å². The normalized spacial score (nSPS) is 13.7. The Balaban J connectivity index is 0.784. The Morgan fingerprint density at radius 3 is 2.23 bits per heavy atom. The lowest BCUT2D eigenvalue weighted by Gasteiger charge is -2.32. The number of para-hydroxylation sites is 1. The molecule has 0 radical (unpaired) electrons. The van der Waals surface area contributed by atoms with Crippen molar-refractivity contribution in [3.8, 4) is 28.5 Å². The van der Waals surface area contributed by atoms with Crippen LogP contribution < -0.4 is 20.5 Å². The zero-order chi connectivity index (χ0) is 42.6. The van der Waals surface area contributed by atoms with Crippen LogP contribution in [0.5, 0.6) is 17.2 Å². The highest BCUT2D eigenvalue weighted by Crippen LogP contribution is 2.38. The molecule has 0 unspecified atom stereocenters. The minimum Gasteiger partial charge on any atom is -0.491 e. The molecule has 7 rings (SSSR count). The van der Waals surface area contributed by atoms with E-state index in [0.717, 1.165) is 115 Å². The number of rotatable bonds is 20. The second kappa shape index (κ2) is 21.7. The van der Waals surface area contributed by atoms with Crippen molar-refractivity contribution in [2.24, 2.45) is 0 Å². The molecule has 1 aliphatic rings. The lowest BCUT2D eigenvalue weighted by atomic mass is 10.0. The highest BCUT2D eigenvalue weighted by Gasteiger charge is 2.26. The minimum atomic E-state index is 0.265. The number of likely N-dealkylation sites (tertiary alicyclic amines) is 1. The summed E-state index contributed by atoms with van der Waals surface area (Å²) in [5.74, 6) is 2.84. The van der Waals surface area contributed by atoms with Crippen LogP contribution in [0.2, 0.25) is 0 Å². The van der Waals surface area contributed by atoms with E-state index < -0.39 is 0 Å². The van der Waals surface area contributed by atoms with E-state index in [1.807, 2.05) is 66.7 Å². The van der Waals surface area contributed by atoms with Crippen LogP contribution in [0.1, 0.15) is 93.9 Å². The minimum absolute atomic E-state index is 0.265. The first-order valence-corrected chi connectivity index (χ1v) is 23.0. The number of carbonyl (C=O) groups excluding carboxylic acids is 1. The molecule has 0 aliphatic carbocycles. The number of allylic oxidation sites excluding steroid dienone is 1. The number of amides is 1. The third-order valence-corrected chi connectivity index (χ3v) is 12.5. The van der Waals surface area contributed by atoms with Crippen molar-refractivity contribution in [3.63, 3.8) is 0 Å². The predicted octanol–water partition coefficient (Wildman–Crippen LogP) is 12.7. The van der Waals surface area contributed by atoms with Crippen LogP contribution in [-0.2, 0) is 4.79 Å². The van der Waals surface area contributed by atoms with E-state index in [4.69, 9.17) is 20.3 Å². The number of fused-ring (bicyclic) bond motifs is 1. The summed E-state index contributed by atoms with van der Waals surface area (Å²) in [4.78, 5) is 22.7. The Kier molecular flexibility index (Phi) is 15.6. The standard InChI is InChI=1S/C49H55Br2N7O3/c1-34-16-21-44(55-33-59)41(28-34)35(2)29-36-30-42(50)47(43(51)31-36)60-27-13-8-6-4-3-5-7-12-24-57-25-22-38(23-26-57)58-49-45(48(52)53-32-54-49)46(56-58)37-17-19-40(20-18-37)61-39-14-10-9-11-15-39/h9-11,14-21,28-33,38H,3-8,12-13,22-27H2,1-2H3,(H,55,59)(H2,52,53,54)/b35-29+. The molecule has 6 aromatic rings. The van der Waals surface area contributed by atoms with E-state index in [1.165, 1.54) is 44.9 Å². The van der Waals surface area contributed by atoms with Crippen LogP contribution in [0, 0.1) is 6.92 Å². The van der Waals surface area contributed by atoms with E-state index in [-0.39, 0.29) is 6.04 Å². The first-order chi connectivity index (χ1) is 29.8. The van der Waals surface area contributed by atoms with Gasteiger partial charge in [-0.2, -0.15) is 5.10 Å². The maximum atomic E-state index is 11.1. The van der Waals surface area contributed by atoms with Gasteiger partial charge in [-0.1, -0.05) is 74.4 Å². The van der Waals surface area contributed by atoms with Crippen LogP contribution in [0.4, 0.5) is 11.5 Å². The number of hydrogen-bond donors (Lipinski definition) is 2. The number of carbonyl (C=O) groups is 1. The number of nitrogens with one attached hydrogen (secondary N) is 1. The van der Waals surface area contributed by atoms with E-state index in [9.17, 15) is 4.79 Å². The number of nitrogen functional groups attached to an aromatic ring is 1. The molecule has 1 saturated heterocycles. The number of halogens is 2. The second-order valence-electron chi connectivity index (χ2n) is 15.9. The number of ether oxygens (including phenoxy) is 2. The molecule has 3 heterocycles. The van der Waals surface area contributed by atoms with Gasteiger partial charge in [0, 0.05) is 29.9 Å². The number of aromatic nitrogens is 4. The molecule has 318 valence electrons. The van der Waals surface area contributed by atoms with Crippen LogP contribution >= 0.6 is 31.9 Å². The number of nitrogens with zero attached hydrogens (tertiary/aromatic N) is 5. The van der Waals surface area contributed by atoms with Gasteiger partial charge in [-0.3, -0.25) is 4.79 Å². The fraction of sp³-hybridized carbons (Fsp3) is 0.347. The first-order valence-electron chi connectivity index (χ1n) is 21.4. The molecule has 0 bridgehead atoms. The summed E-state index contributed by atoms with van der Waals surface area (Å²) in [6.07, 6.45) is 16.2. The molecule has 3 N–H and O–H groups in total. The van der Waals surface area contributed by atoms with Crippen LogP contribution in [0.25, 0.3) is 33.9 Å². The fourth-order valence-electron chi connectivity index (χ4n) is 8.12. The third kappa shape index (κ3) is 11.7. The van der Waals surface area contributed by atoms with E-state index in [2.05, 4.69) is 94.8 Å². The van der Waals surface area contributed by atoms with Gasteiger partial charge in [-0.05, 0) is 150 Å². The molecule has 1 fully saturated rings. The van der Waals surface area contributed by atoms with Crippen molar-refractivity contribution in [1.29, 1.82) is 0 Å². The summed E-state index contributed by atoms with van der Waals surface area (Å²) in [6.45, 7) is 8.05. The van der Waals surface area contributed by atoms with Crippen molar-refractivity contribution in [1.82, 2.24) is 24.6 Å². The maximum absolute atomic E-state index is 11.1. The number of nitrogens with two attached hydrogens (primary N) is 1. The Morgan fingerprint density at radius 2 is 1.52 bits per heavy atom. The van der Waals surface area contributed by atoms with Crippen molar-refractivity contribution < 1.29 is 14.3 Å². The van der Waals surface area contributed by atoms with Gasteiger partial charge in [0.2, 0.25) is 6.41 Å². The molecule has 0 saturated carbocycles. The van der Waals surface area contributed by atoms with Gasteiger partial charge < -0.3 is 25.4 Å². The van der Waals surface area contributed by atoms with E-state index in [0.29, 0.717) is 18.8 Å². The highest BCUT2D eigenvalue weighted by molar-refractivity contribution is 9.11. The number of piperidine rings is 1. The Labute approximate surface area is 376 Å². The number of benzene rings is 4. The molecule has 1 amide bonds. The molecule has 1 aliphatic heterocycles. The molecular weight excluding hydrogens is 894 g/mol. The Morgan fingerprint density at radius 1 is 0.852 bits per heavy atom. The van der Waals surface area contributed by atoms with Gasteiger partial charge in [0.05, 0.1) is 27.0 Å². The molecule has 0 atom stereocenters. The second-order valence-corrected chi connectivity index (χ2v) is 17.6. The SMILES string of the molecule is C/C(=C\c1cc(Br)c(OCCCCCCCCCCN2CCC(n3nc(-c4ccc(Oc5ccccc5)cc4)c4c(N)ncnc43)CC2)c(Br)c1)c1cc(C)ccc1NC=O. The van der Waals surface area contributed by atoms with Gasteiger partial charge >= 0.3 is 0 Å². The molecule has 2 aromatic heterocycles. The molecule has 61 heavy (non-hydrogen) atoms. The average Bonchev–Trinajstić information content (AvgIpc) is 3.66. The van der Waals surface area contributed by atoms with Crippen LogP contribution in [0.3, 0.4) is 0 Å². The summed E-state index contributed by atoms with van der Waals surface area (Å²) >= 11 is 7.45. The topological polar surface area (TPSA) is 120 Å². The van der Waals surface area contributed by atoms with Gasteiger partial charge in [0.25, 0.3) is 0 Å². The molecule has 10 nitrogen and oxygen atoms in total. The first kappa shape index (κ1) is 44.0. The maximum Gasteiger partial charge on any atom is 0.211 e. The van der Waals surface area contributed by atoms with Gasteiger partial charge in [-0.15, -0.1) is 0 Å². The largest absolute Gasteiger partial charge is 0.491 e. The summed E-state index contributed by atoms with van der Waals surface area (Å²) < 4.78 is 16.1. The Hall–Kier alpha value is -5.04. The zero-order valence-electron chi connectivity index (χ0n) is 35.1. The van der Waals surface area contributed by atoms with Crippen LogP contribution in [0.15, 0.2) is 100 Å². The summed E-state index contributed by atoms with van der Waals surface area (Å²) in [5.41, 5.74) is 14.0. The Bertz CT molecular complexity index is 2390. The third-order valence-electron chi connectivity index (χ3n) is 11.4. The summed E-state index contributed by atoms with van der Waals surface area (Å²) in [6, 6.07) is 28.2. The number of anilines is 2. The quantitative estimate of drug-likeness (QED) is 0.0441. The zero-order valence-corrected chi connectivity index (χ0v) is 38.3.